The number of benzene rings is 1. The fourth-order valence-corrected chi connectivity index (χ4v) is 1.83. The highest BCUT2D eigenvalue weighted by Gasteiger charge is 2.12. The van der Waals surface area contributed by atoms with Gasteiger partial charge in [0.2, 0.25) is 11.8 Å². The van der Waals surface area contributed by atoms with Gasteiger partial charge in [0.25, 0.3) is 0 Å². The maximum Gasteiger partial charge on any atom is 0.321 e. The molecular weight excluding hydrogens is 296 g/mol. The molecule has 23 heavy (non-hydrogen) atoms. The van der Waals surface area contributed by atoms with E-state index in [-0.39, 0.29) is 19.0 Å². The normalized spacial score (nSPS) is 10.3. The van der Waals surface area contributed by atoms with Gasteiger partial charge in [0.15, 0.2) is 0 Å². The summed E-state index contributed by atoms with van der Waals surface area (Å²) in [5.74, 6) is -0.677. The van der Waals surface area contributed by atoms with Gasteiger partial charge in [0.1, 0.15) is 0 Å². The van der Waals surface area contributed by atoms with Gasteiger partial charge in [-0.05, 0) is 32.5 Å². The van der Waals surface area contributed by atoms with Gasteiger partial charge in [-0.25, -0.2) is 4.79 Å². The van der Waals surface area contributed by atoms with Gasteiger partial charge in [-0.3, -0.25) is 19.8 Å². The number of hydrogen-bond acceptors (Lipinski definition) is 4. The standard InChI is InChI=1S/C16H24N4O3/c1-4-9-17-16(23)19-15(22)11-20(3)10-14(21)18-13-7-5-12(2)6-8-13/h5-8H,4,9-11H2,1-3H3,(H,18,21)(H2,17,19,22,23). The van der Waals surface area contributed by atoms with Crippen LogP contribution in [0.15, 0.2) is 24.3 Å². The van der Waals surface area contributed by atoms with Crippen LogP contribution >= 0.6 is 0 Å². The number of urea groups is 1. The number of hydrogen-bond donors (Lipinski definition) is 3. The highest BCUT2D eigenvalue weighted by atomic mass is 16.2. The van der Waals surface area contributed by atoms with Crippen molar-refractivity contribution in [1.82, 2.24) is 15.5 Å². The van der Waals surface area contributed by atoms with Gasteiger partial charge >= 0.3 is 6.03 Å². The number of amides is 4. The molecule has 1 aromatic carbocycles. The van der Waals surface area contributed by atoms with E-state index in [1.807, 2.05) is 38.1 Å². The van der Waals surface area contributed by atoms with Gasteiger partial charge in [-0.2, -0.15) is 0 Å². The first kappa shape index (κ1) is 18.6. The zero-order valence-corrected chi connectivity index (χ0v) is 13.8. The third kappa shape index (κ3) is 7.96. The Bertz CT molecular complexity index is 543. The number of likely N-dealkylation sites (N-methyl/N-ethyl adjacent to an activating group) is 1. The van der Waals surface area contributed by atoms with E-state index in [4.69, 9.17) is 0 Å². The summed E-state index contributed by atoms with van der Waals surface area (Å²) >= 11 is 0. The van der Waals surface area contributed by atoms with Crippen molar-refractivity contribution in [2.45, 2.75) is 20.3 Å². The van der Waals surface area contributed by atoms with Gasteiger partial charge in [-0.1, -0.05) is 24.6 Å². The molecule has 0 saturated heterocycles. The lowest BCUT2D eigenvalue weighted by molar-refractivity contribution is -0.122. The molecule has 7 heteroatoms. The Morgan fingerprint density at radius 1 is 1.04 bits per heavy atom. The Balaban J connectivity index is 2.33. The van der Waals surface area contributed by atoms with Crippen molar-refractivity contribution in [1.29, 1.82) is 0 Å². The molecular formula is C16H24N4O3. The highest BCUT2D eigenvalue weighted by Crippen LogP contribution is 2.08. The summed E-state index contributed by atoms with van der Waals surface area (Å²) in [6.07, 6.45) is 0.792. The van der Waals surface area contributed by atoms with Gasteiger partial charge in [0.05, 0.1) is 13.1 Å². The number of nitrogens with one attached hydrogen (secondary N) is 3. The molecule has 0 aliphatic rings. The van der Waals surface area contributed by atoms with Crippen molar-refractivity contribution in [3.63, 3.8) is 0 Å². The van der Waals surface area contributed by atoms with Crippen LogP contribution in [0, 0.1) is 6.92 Å². The minimum atomic E-state index is -0.519. The number of carbonyl (C=O) groups is 3. The van der Waals surface area contributed by atoms with Gasteiger partial charge < -0.3 is 10.6 Å². The van der Waals surface area contributed by atoms with Crippen LogP contribution in [0.1, 0.15) is 18.9 Å². The van der Waals surface area contributed by atoms with E-state index in [1.54, 1.807) is 7.05 Å². The van der Waals surface area contributed by atoms with Crippen LogP contribution in [-0.2, 0) is 9.59 Å². The van der Waals surface area contributed by atoms with Gasteiger partial charge in [0, 0.05) is 12.2 Å². The quantitative estimate of drug-likeness (QED) is 0.702. The van der Waals surface area contributed by atoms with Crippen LogP contribution in [0.2, 0.25) is 0 Å². The molecule has 0 bridgehead atoms. The topological polar surface area (TPSA) is 90.5 Å². The molecule has 0 aliphatic carbocycles. The summed E-state index contributed by atoms with van der Waals surface area (Å²) < 4.78 is 0. The summed E-state index contributed by atoms with van der Waals surface area (Å²) in [7, 11) is 1.64. The Labute approximate surface area is 136 Å². The molecule has 0 radical (unpaired) electrons. The maximum atomic E-state index is 11.9. The Morgan fingerprint density at radius 3 is 2.26 bits per heavy atom. The second-order valence-corrected chi connectivity index (χ2v) is 5.39. The molecule has 7 nitrogen and oxygen atoms in total. The summed E-state index contributed by atoms with van der Waals surface area (Å²) in [6, 6.07) is 6.92. The minimum absolute atomic E-state index is 0.0408. The molecule has 0 unspecified atom stereocenters. The van der Waals surface area contributed by atoms with Crippen LogP contribution in [0.25, 0.3) is 0 Å². The largest absolute Gasteiger partial charge is 0.338 e. The number of nitrogens with zero attached hydrogens (tertiary/aromatic N) is 1. The first-order valence-corrected chi connectivity index (χ1v) is 7.53. The van der Waals surface area contributed by atoms with Crippen molar-refractivity contribution in [3.05, 3.63) is 29.8 Å². The summed E-state index contributed by atoms with van der Waals surface area (Å²) in [4.78, 5) is 36.4. The molecule has 1 rings (SSSR count). The van der Waals surface area contributed by atoms with E-state index < -0.39 is 11.9 Å². The van der Waals surface area contributed by atoms with E-state index in [0.29, 0.717) is 12.2 Å². The Hall–Kier alpha value is -2.41. The predicted molar refractivity (Wildman–Crippen MR) is 89.1 cm³/mol. The van der Waals surface area contributed by atoms with Crippen LogP contribution in [0.4, 0.5) is 10.5 Å². The lowest BCUT2D eigenvalue weighted by atomic mass is 10.2. The number of rotatable bonds is 7. The van der Waals surface area contributed by atoms with Crippen LogP contribution in [0.3, 0.4) is 0 Å². The van der Waals surface area contributed by atoms with E-state index in [9.17, 15) is 14.4 Å². The van der Waals surface area contributed by atoms with Crippen molar-refractivity contribution >= 4 is 23.5 Å². The molecule has 4 amide bonds. The monoisotopic (exact) mass is 320 g/mol. The van der Waals surface area contributed by atoms with Crippen molar-refractivity contribution in [2.24, 2.45) is 0 Å². The van der Waals surface area contributed by atoms with Crippen molar-refractivity contribution in [3.8, 4) is 0 Å². The molecule has 0 aromatic heterocycles. The third-order valence-electron chi connectivity index (χ3n) is 2.95. The summed E-state index contributed by atoms with van der Waals surface area (Å²) in [5.41, 5.74) is 1.82. The second kappa shape index (κ2) is 9.58. The number of carbonyl (C=O) groups excluding carboxylic acids is 3. The van der Waals surface area contributed by atoms with Crippen molar-refractivity contribution < 1.29 is 14.4 Å². The first-order chi connectivity index (χ1) is 10.9. The molecule has 126 valence electrons. The van der Waals surface area contributed by atoms with Crippen molar-refractivity contribution in [2.75, 3.05) is 32.0 Å². The Morgan fingerprint density at radius 2 is 1.65 bits per heavy atom. The molecule has 0 fully saturated rings. The fraction of sp³-hybridized carbons (Fsp3) is 0.438. The van der Waals surface area contributed by atoms with E-state index in [2.05, 4.69) is 16.0 Å². The molecule has 0 aliphatic heterocycles. The third-order valence-corrected chi connectivity index (χ3v) is 2.95. The maximum absolute atomic E-state index is 11.9. The second-order valence-electron chi connectivity index (χ2n) is 5.39. The first-order valence-electron chi connectivity index (χ1n) is 7.53. The molecule has 0 heterocycles. The lowest BCUT2D eigenvalue weighted by Crippen LogP contribution is -2.45. The molecule has 0 atom stereocenters. The summed E-state index contributed by atoms with van der Waals surface area (Å²) in [6.45, 7) is 4.41. The van der Waals surface area contributed by atoms with Gasteiger partial charge in [-0.15, -0.1) is 0 Å². The highest BCUT2D eigenvalue weighted by molar-refractivity contribution is 5.96. The number of aryl methyl sites for hydroxylation is 1. The van der Waals surface area contributed by atoms with E-state index >= 15 is 0 Å². The predicted octanol–water partition coefficient (Wildman–Crippen LogP) is 1.10. The summed E-state index contributed by atoms with van der Waals surface area (Å²) in [5, 5.41) is 7.51. The van der Waals surface area contributed by atoms with Crippen LogP contribution in [-0.4, -0.2) is 49.4 Å². The molecule has 0 saturated carbocycles. The van der Waals surface area contributed by atoms with E-state index in [1.165, 1.54) is 4.90 Å². The molecule has 3 N–H and O–H groups in total. The van der Waals surface area contributed by atoms with Crippen LogP contribution in [0.5, 0.6) is 0 Å². The van der Waals surface area contributed by atoms with E-state index in [0.717, 1.165) is 12.0 Å². The zero-order valence-electron chi connectivity index (χ0n) is 13.8. The fourth-order valence-electron chi connectivity index (χ4n) is 1.83. The minimum Gasteiger partial charge on any atom is -0.338 e. The molecule has 1 aromatic rings. The average Bonchev–Trinajstić information content (AvgIpc) is 2.47. The smallest absolute Gasteiger partial charge is 0.321 e. The average molecular weight is 320 g/mol. The Kier molecular flexibility index (Phi) is 7.76. The SMILES string of the molecule is CCCNC(=O)NC(=O)CN(C)CC(=O)Nc1ccc(C)cc1. The molecule has 0 spiro atoms. The van der Waals surface area contributed by atoms with Crippen LogP contribution < -0.4 is 16.0 Å². The number of imide groups is 1. The zero-order chi connectivity index (χ0) is 17.2. The number of anilines is 1. The lowest BCUT2D eigenvalue weighted by Gasteiger charge is -2.15.